The van der Waals surface area contributed by atoms with Gasteiger partial charge in [-0.15, -0.1) is 0 Å². The Labute approximate surface area is 104 Å². The minimum Gasteiger partial charge on any atom is -0.481 e. The number of hydrogen-bond donors (Lipinski definition) is 1. The highest BCUT2D eigenvalue weighted by molar-refractivity contribution is 7.99. The molecule has 2 rings (SSSR count). The number of aliphatic carboxylic acids is 1. The van der Waals surface area contributed by atoms with Gasteiger partial charge in [0.1, 0.15) is 0 Å². The van der Waals surface area contributed by atoms with Crippen molar-refractivity contribution < 1.29 is 19.4 Å². The van der Waals surface area contributed by atoms with Crippen LogP contribution in [0.15, 0.2) is 0 Å². The Morgan fingerprint density at radius 2 is 2.29 bits per heavy atom. The number of ether oxygens (including phenoxy) is 1. The smallest absolute Gasteiger partial charge is 0.305 e. The molecule has 0 aromatic carbocycles. The Kier molecular flexibility index (Phi) is 4.28. The zero-order chi connectivity index (χ0) is 12.3. The van der Waals surface area contributed by atoms with Crippen LogP contribution in [0.4, 0.5) is 0 Å². The maximum Gasteiger partial charge on any atom is 0.305 e. The first kappa shape index (κ1) is 12.7. The molecule has 1 N–H and O–H groups in total. The summed E-state index contributed by atoms with van der Waals surface area (Å²) in [6, 6.07) is -0.153. The van der Waals surface area contributed by atoms with Gasteiger partial charge < -0.3 is 14.7 Å². The van der Waals surface area contributed by atoms with Gasteiger partial charge >= 0.3 is 5.97 Å². The summed E-state index contributed by atoms with van der Waals surface area (Å²) < 4.78 is 5.22. The van der Waals surface area contributed by atoms with Gasteiger partial charge in [0.25, 0.3) is 0 Å². The number of carboxylic acid groups (broad SMARTS) is 1. The summed E-state index contributed by atoms with van der Waals surface area (Å²) in [5.74, 6) is 0.808. The predicted molar refractivity (Wildman–Crippen MR) is 64.0 cm³/mol. The second-order valence-corrected chi connectivity index (χ2v) is 5.57. The molecule has 2 aliphatic rings. The van der Waals surface area contributed by atoms with Crippen molar-refractivity contribution >= 4 is 23.6 Å². The van der Waals surface area contributed by atoms with Crippen LogP contribution in [-0.2, 0) is 14.3 Å². The molecule has 1 amide bonds. The number of rotatable bonds is 3. The maximum atomic E-state index is 12.2. The second kappa shape index (κ2) is 5.73. The minimum absolute atomic E-state index is 0.0479. The number of nitrogens with zero attached hydrogens (tertiary/aromatic N) is 1. The summed E-state index contributed by atoms with van der Waals surface area (Å²) in [5.41, 5.74) is 0. The standard InChI is InChI=1S/C11H17NO4S/c13-10(14)5-9-7-17-4-2-12(9)11(15)8-1-3-16-6-8/h8-9H,1-7H2,(H,13,14). The number of carbonyl (C=O) groups is 2. The number of thioether (sulfide) groups is 1. The molecule has 2 saturated heterocycles. The van der Waals surface area contributed by atoms with Gasteiger partial charge in [0.15, 0.2) is 0 Å². The van der Waals surface area contributed by atoms with E-state index in [4.69, 9.17) is 9.84 Å². The number of hydrogen-bond acceptors (Lipinski definition) is 4. The average molecular weight is 259 g/mol. The molecule has 17 heavy (non-hydrogen) atoms. The molecule has 0 aromatic heterocycles. The highest BCUT2D eigenvalue weighted by atomic mass is 32.2. The highest BCUT2D eigenvalue weighted by Crippen LogP contribution is 2.23. The Balaban J connectivity index is 1.99. The molecule has 0 spiro atoms. The molecule has 0 bridgehead atoms. The average Bonchev–Trinajstić information content (AvgIpc) is 2.81. The largest absolute Gasteiger partial charge is 0.481 e. The number of amides is 1. The molecular formula is C11H17NO4S. The van der Waals surface area contributed by atoms with Gasteiger partial charge in [-0.1, -0.05) is 0 Å². The predicted octanol–water partition coefficient (Wildman–Crippen LogP) is 0.442. The lowest BCUT2D eigenvalue weighted by molar-refractivity contribution is -0.142. The summed E-state index contributed by atoms with van der Waals surface area (Å²) in [7, 11) is 0. The number of carboxylic acids is 1. The van der Waals surface area contributed by atoms with E-state index in [1.807, 2.05) is 0 Å². The molecule has 2 atom stereocenters. The Morgan fingerprint density at radius 3 is 2.94 bits per heavy atom. The molecule has 2 unspecified atom stereocenters. The zero-order valence-corrected chi connectivity index (χ0v) is 10.4. The third kappa shape index (κ3) is 3.13. The van der Waals surface area contributed by atoms with E-state index in [0.717, 1.165) is 17.9 Å². The van der Waals surface area contributed by atoms with E-state index in [9.17, 15) is 9.59 Å². The number of carbonyl (C=O) groups excluding carboxylic acids is 1. The summed E-state index contributed by atoms with van der Waals surface area (Å²) in [4.78, 5) is 24.8. The zero-order valence-electron chi connectivity index (χ0n) is 9.63. The quantitative estimate of drug-likeness (QED) is 0.796. The summed E-state index contributed by atoms with van der Waals surface area (Å²) in [6.07, 6.45) is 0.814. The van der Waals surface area contributed by atoms with Gasteiger partial charge in [0.05, 0.1) is 25.0 Å². The van der Waals surface area contributed by atoms with E-state index < -0.39 is 5.97 Å². The molecule has 2 heterocycles. The lowest BCUT2D eigenvalue weighted by Crippen LogP contribution is -2.49. The minimum atomic E-state index is -0.835. The van der Waals surface area contributed by atoms with E-state index in [1.165, 1.54) is 0 Å². The van der Waals surface area contributed by atoms with Gasteiger partial charge in [0.2, 0.25) is 5.91 Å². The van der Waals surface area contributed by atoms with Crippen LogP contribution in [-0.4, -0.2) is 59.2 Å². The van der Waals surface area contributed by atoms with Crippen molar-refractivity contribution in [2.45, 2.75) is 18.9 Å². The van der Waals surface area contributed by atoms with Crippen molar-refractivity contribution in [2.24, 2.45) is 5.92 Å². The van der Waals surface area contributed by atoms with E-state index in [1.54, 1.807) is 16.7 Å². The van der Waals surface area contributed by atoms with Crippen LogP contribution in [0, 0.1) is 5.92 Å². The molecule has 0 radical (unpaired) electrons. The second-order valence-electron chi connectivity index (χ2n) is 4.42. The molecule has 2 fully saturated rings. The Hall–Kier alpha value is -0.750. The SMILES string of the molecule is O=C(O)CC1CSCCN1C(=O)C1CCOC1. The van der Waals surface area contributed by atoms with Gasteiger partial charge in [-0.25, -0.2) is 0 Å². The molecule has 96 valence electrons. The summed E-state index contributed by atoms with van der Waals surface area (Å²) in [6.45, 7) is 1.79. The van der Waals surface area contributed by atoms with Crippen LogP contribution in [0.5, 0.6) is 0 Å². The van der Waals surface area contributed by atoms with Gasteiger partial charge in [-0.2, -0.15) is 11.8 Å². The van der Waals surface area contributed by atoms with E-state index in [-0.39, 0.29) is 24.3 Å². The third-order valence-electron chi connectivity index (χ3n) is 3.20. The summed E-state index contributed by atoms with van der Waals surface area (Å²) >= 11 is 1.72. The van der Waals surface area contributed by atoms with E-state index in [2.05, 4.69) is 0 Å². The first-order valence-electron chi connectivity index (χ1n) is 5.86. The van der Waals surface area contributed by atoms with Crippen LogP contribution in [0.2, 0.25) is 0 Å². The molecule has 6 heteroatoms. The van der Waals surface area contributed by atoms with Crippen molar-refractivity contribution in [1.29, 1.82) is 0 Å². The van der Waals surface area contributed by atoms with Crippen LogP contribution >= 0.6 is 11.8 Å². The lowest BCUT2D eigenvalue weighted by atomic mass is 10.1. The van der Waals surface area contributed by atoms with Crippen molar-refractivity contribution in [3.05, 3.63) is 0 Å². The lowest BCUT2D eigenvalue weighted by Gasteiger charge is -2.36. The van der Waals surface area contributed by atoms with Gasteiger partial charge in [-0.05, 0) is 6.42 Å². The fourth-order valence-corrected chi connectivity index (χ4v) is 3.34. The molecule has 0 aromatic rings. The fourth-order valence-electron chi connectivity index (χ4n) is 2.28. The Bertz CT molecular complexity index is 304. The molecular weight excluding hydrogens is 242 g/mol. The summed E-state index contributed by atoms with van der Waals surface area (Å²) in [5, 5.41) is 8.86. The van der Waals surface area contributed by atoms with Gasteiger partial charge in [0, 0.05) is 24.7 Å². The first-order chi connectivity index (χ1) is 8.18. The highest BCUT2D eigenvalue weighted by Gasteiger charge is 2.34. The van der Waals surface area contributed by atoms with Crippen molar-refractivity contribution in [3.63, 3.8) is 0 Å². The Morgan fingerprint density at radius 1 is 1.47 bits per heavy atom. The van der Waals surface area contributed by atoms with Crippen LogP contribution < -0.4 is 0 Å². The topological polar surface area (TPSA) is 66.8 Å². The van der Waals surface area contributed by atoms with E-state index >= 15 is 0 Å². The van der Waals surface area contributed by atoms with E-state index in [0.29, 0.717) is 19.8 Å². The molecule has 0 aliphatic carbocycles. The first-order valence-corrected chi connectivity index (χ1v) is 7.01. The molecule has 2 aliphatic heterocycles. The van der Waals surface area contributed by atoms with Crippen LogP contribution in [0.1, 0.15) is 12.8 Å². The maximum absolute atomic E-state index is 12.2. The molecule has 5 nitrogen and oxygen atoms in total. The van der Waals surface area contributed by atoms with Crippen LogP contribution in [0.25, 0.3) is 0 Å². The van der Waals surface area contributed by atoms with Crippen molar-refractivity contribution in [3.8, 4) is 0 Å². The van der Waals surface area contributed by atoms with Crippen molar-refractivity contribution in [2.75, 3.05) is 31.3 Å². The third-order valence-corrected chi connectivity index (χ3v) is 4.29. The monoisotopic (exact) mass is 259 g/mol. The normalized spacial score (nSPS) is 29.3. The van der Waals surface area contributed by atoms with Gasteiger partial charge in [-0.3, -0.25) is 9.59 Å². The van der Waals surface area contributed by atoms with Crippen LogP contribution in [0.3, 0.4) is 0 Å². The fraction of sp³-hybridized carbons (Fsp3) is 0.818. The van der Waals surface area contributed by atoms with Crippen molar-refractivity contribution in [1.82, 2.24) is 4.90 Å². The molecule has 0 saturated carbocycles.